The number of carbonyl (C=O) groups excluding carboxylic acids is 1. The van der Waals surface area contributed by atoms with Crippen LogP contribution in [0.2, 0.25) is 15.1 Å². The standard InChI is InChI=1S/C27H21Cl3N2O3/c1-3-7-18-12-17(13-20(15-31)27(33)32-23-11-6-10-22(29)25(23)30)14-24(34-2)26(18)35-16-19-8-4-5-9-21(19)28/h3-6,8-14H,1,7,16H2,2H3,(H,32,33)/b20-13-. The molecule has 0 aliphatic rings. The first kappa shape index (κ1) is 26.2. The molecule has 0 saturated carbocycles. The van der Waals surface area contributed by atoms with Gasteiger partial charge in [-0.3, -0.25) is 4.79 Å². The SMILES string of the molecule is C=CCc1cc(/C=C(/C#N)C(=O)Nc2cccc(Cl)c2Cl)cc(OC)c1OCc1ccccc1Cl. The largest absolute Gasteiger partial charge is 0.493 e. The van der Waals surface area contributed by atoms with Crippen LogP contribution in [0.5, 0.6) is 11.5 Å². The molecule has 1 amide bonds. The fourth-order valence-corrected chi connectivity index (χ4v) is 3.80. The Morgan fingerprint density at radius 2 is 1.83 bits per heavy atom. The second-order valence-electron chi connectivity index (χ2n) is 7.31. The van der Waals surface area contributed by atoms with E-state index in [-0.39, 0.29) is 22.2 Å². The minimum absolute atomic E-state index is 0.127. The predicted octanol–water partition coefficient (Wildman–Crippen LogP) is 7.51. The van der Waals surface area contributed by atoms with Crippen molar-refractivity contribution in [2.75, 3.05) is 12.4 Å². The van der Waals surface area contributed by atoms with E-state index in [4.69, 9.17) is 44.3 Å². The second kappa shape index (κ2) is 12.3. The van der Waals surface area contributed by atoms with Gasteiger partial charge in [-0.05, 0) is 48.4 Å². The highest BCUT2D eigenvalue weighted by atomic mass is 35.5. The molecule has 0 spiro atoms. The second-order valence-corrected chi connectivity index (χ2v) is 8.50. The maximum atomic E-state index is 12.7. The number of amides is 1. The molecule has 35 heavy (non-hydrogen) atoms. The number of benzene rings is 3. The van der Waals surface area contributed by atoms with Crippen LogP contribution in [0.1, 0.15) is 16.7 Å². The summed E-state index contributed by atoms with van der Waals surface area (Å²) >= 11 is 18.4. The summed E-state index contributed by atoms with van der Waals surface area (Å²) in [6.45, 7) is 4.05. The lowest BCUT2D eigenvalue weighted by atomic mass is 10.0. The van der Waals surface area contributed by atoms with E-state index in [1.54, 1.807) is 36.4 Å². The van der Waals surface area contributed by atoms with Crippen LogP contribution in [0.3, 0.4) is 0 Å². The highest BCUT2D eigenvalue weighted by Crippen LogP contribution is 2.36. The van der Waals surface area contributed by atoms with E-state index in [1.807, 2.05) is 30.3 Å². The molecule has 3 aromatic carbocycles. The average molecular weight is 528 g/mol. The van der Waals surface area contributed by atoms with Gasteiger partial charge >= 0.3 is 0 Å². The average Bonchev–Trinajstić information content (AvgIpc) is 2.85. The molecule has 0 unspecified atom stereocenters. The summed E-state index contributed by atoms with van der Waals surface area (Å²) in [7, 11) is 1.52. The lowest BCUT2D eigenvalue weighted by molar-refractivity contribution is -0.112. The zero-order chi connectivity index (χ0) is 25.4. The fourth-order valence-electron chi connectivity index (χ4n) is 3.26. The van der Waals surface area contributed by atoms with Crippen molar-refractivity contribution in [3.05, 3.63) is 105 Å². The Morgan fingerprint density at radius 1 is 1.09 bits per heavy atom. The molecule has 0 radical (unpaired) electrons. The Bertz CT molecular complexity index is 1330. The van der Waals surface area contributed by atoms with Crippen LogP contribution in [0.15, 0.2) is 72.8 Å². The number of hydrogen-bond acceptors (Lipinski definition) is 4. The van der Waals surface area contributed by atoms with Gasteiger partial charge in [0, 0.05) is 16.1 Å². The van der Waals surface area contributed by atoms with Crippen LogP contribution in [0.4, 0.5) is 5.69 Å². The maximum Gasteiger partial charge on any atom is 0.266 e. The van der Waals surface area contributed by atoms with Crippen LogP contribution >= 0.6 is 34.8 Å². The Morgan fingerprint density at radius 3 is 2.51 bits per heavy atom. The summed E-state index contributed by atoms with van der Waals surface area (Å²) < 4.78 is 11.6. The number of allylic oxidation sites excluding steroid dienone is 1. The van der Waals surface area contributed by atoms with Gasteiger partial charge in [0.05, 0.1) is 22.8 Å². The van der Waals surface area contributed by atoms with E-state index >= 15 is 0 Å². The summed E-state index contributed by atoms with van der Waals surface area (Å²) in [5, 5.41) is 13.3. The minimum Gasteiger partial charge on any atom is -0.493 e. The van der Waals surface area contributed by atoms with Crippen molar-refractivity contribution in [2.24, 2.45) is 0 Å². The molecule has 3 aromatic rings. The number of methoxy groups -OCH3 is 1. The van der Waals surface area contributed by atoms with Gasteiger partial charge in [0.15, 0.2) is 11.5 Å². The van der Waals surface area contributed by atoms with Crippen molar-refractivity contribution in [1.29, 1.82) is 5.26 Å². The Balaban J connectivity index is 1.93. The zero-order valence-electron chi connectivity index (χ0n) is 18.8. The lowest BCUT2D eigenvalue weighted by Gasteiger charge is -2.16. The van der Waals surface area contributed by atoms with Crippen molar-refractivity contribution in [1.82, 2.24) is 0 Å². The Hall–Kier alpha value is -3.43. The first-order valence-corrected chi connectivity index (χ1v) is 11.6. The topological polar surface area (TPSA) is 71.4 Å². The van der Waals surface area contributed by atoms with Crippen LogP contribution in [-0.2, 0) is 17.8 Å². The third-order valence-corrected chi connectivity index (χ3v) is 6.13. The van der Waals surface area contributed by atoms with Crippen molar-refractivity contribution >= 4 is 52.5 Å². The van der Waals surface area contributed by atoms with E-state index in [0.717, 1.165) is 11.1 Å². The number of carbonyl (C=O) groups is 1. The van der Waals surface area contributed by atoms with Crippen LogP contribution < -0.4 is 14.8 Å². The van der Waals surface area contributed by atoms with Crippen molar-refractivity contribution in [3.63, 3.8) is 0 Å². The zero-order valence-corrected chi connectivity index (χ0v) is 21.0. The third-order valence-electron chi connectivity index (χ3n) is 4.94. The monoisotopic (exact) mass is 526 g/mol. The first-order chi connectivity index (χ1) is 16.9. The molecule has 0 aliphatic carbocycles. The number of ether oxygens (including phenoxy) is 2. The van der Waals surface area contributed by atoms with Gasteiger partial charge in [-0.2, -0.15) is 5.26 Å². The molecule has 1 N–H and O–H groups in total. The molecular weight excluding hydrogens is 507 g/mol. The van der Waals surface area contributed by atoms with Crippen molar-refractivity contribution < 1.29 is 14.3 Å². The van der Waals surface area contributed by atoms with Gasteiger partial charge < -0.3 is 14.8 Å². The molecule has 0 fully saturated rings. The van der Waals surface area contributed by atoms with Gasteiger partial charge in [0.1, 0.15) is 18.2 Å². The number of rotatable bonds is 9. The van der Waals surface area contributed by atoms with Crippen LogP contribution in [-0.4, -0.2) is 13.0 Å². The summed E-state index contributed by atoms with van der Waals surface area (Å²) in [5.41, 5.74) is 2.35. The highest BCUT2D eigenvalue weighted by Gasteiger charge is 2.16. The number of halogens is 3. The van der Waals surface area contributed by atoms with Gasteiger partial charge in [0.2, 0.25) is 0 Å². The molecule has 178 valence electrons. The molecule has 0 aliphatic heterocycles. The normalized spacial score (nSPS) is 10.9. The minimum atomic E-state index is -0.625. The predicted molar refractivity (Wildman–Crippen MR) is 141 cm³/mol. The van der Waals surface area contributed by atoms with E-state index in [2.05, 4.69) is 11.9 Å². The molecule has 0 atom stereocenters. The maximum absolute atomic E-state index is 12.7. The first-order valence-electron chi connectivity index (χ1n) is 10.4. The number of nitriles is 1. The van der Waals surface area contributed by atoms with E-state index in [0.29, 0.717) is 34.2 Å². The van der Waals surface area contributed by atoms with Crippen molar-refractivity contribution in [3.8, 4) is 17.6 Å². The molecule has 8 heteroatoms. The molecule has 5 nitrogen and oxygen atoms in total. The molecular formula is C27H21Cl3N2O3. The summed E-state index contributed by atoms with van der Waals surface area (Å²) in [6.07, 6.45) is 3.66. The fraction of sp³-hybridized carbons (Fsp3) is 0.111. The van der Waals surface area contributed by atoms with Crippen LogP contribution in [0, 0.1) is 11.3 Å². The van der Waals surface area contributed by atoms with E-state index in [9.17, 15) is 10.1 Å². The van der Waals surface area contributed by atoms with E-state index < -0.39 is 5.91 Å². The molecule has 3 rings (SSSR count). The number of hydrogen-bond donors (Lipinski definition) is 1. The molecule has 0 saturated heterocycles. The van der Waals surface area contributed by atoms with Gasteiger partial charge in [0.25, 0.3) is 5.91 Å². The molecule has 0 heterocycles. The van der Waals surface area contributed by atoms with Crippen LogP contribution in [0.25, 0.3) is 6.08 Å². The Kier molecular flexibility index (Phi) is 9.22. The molecule has 0 bridgehead atoms. The van der Waals surface area contributed by atoms with Crippen molar-refractivity contribution in [2.45, 2.75) is 13.0 Å². The number of nitrogens with one attached hydrogen (secondary N) is 1. The summed E-state index contributed by atoms with van der Waals surface area (Å²) in [6, 6.07) is 17.7. The van der Waals surface area contributed by atoms with Gasteiger partial charge in [-0.15, -0.1) is 6.58 Å². The smallest absolute Gasteiger partial charge is 0.266 e. The summed E-state index contributed by atoms with van der Waals surface area (Å²) in [5.74, 6) is 0.344. The summed E-state index contributed by atoms with van der Waals surface area (Å²) in [4.78, 5) is 12.7. The highest BCUT2D eigenvalue weighted by molar-refractivity contribution is 6.44. The van der Waals surface area contributed by atoms with Gasteiger partial charge in [-0.1, -0.05) is 65.1 Å². The quantitative estimate of drug-likeness (QED) is 0.178. The third kappa shape index (κ3) is 6.58. The molecule has 0 aromatic heterocycles. The lowest BCUT2D eigenvalue weighted by Crippen LogP contribution is -2.13. The Labute approximate surface area is 219 Å². The number of anilines is 1. The van der Waals surface area contributed by atoms with Gasteiger partial charge in [-0.25, -0.2) is 0 Å². The number of nitrogens with zero attached hydrogens (tertiary/aromatic N) is 1. The van der Waals surface area contributed by atoms with E-state index in [1.165, 1.54) is 13.2 Å².